The molecule has 0 unspecified atom stereocenters. The third-order valence-corrected chi connectivity index (χ3v) is 5.85. The van der Waals surface area contributed by atoms with Crippen molar-refractivity contribution in [2.75, 3.05) is 126 Å². The Hall–Kier alpha value is -0.280. The number of hydrogen-bond donors (Lipinski definition) is 0. The highest BCUT2D eigenvalue weighted by Crippen LogP contribution is 2.00. The van der Waals surface area contributed by atoms with Gasteiger partial charge in [-0.05, 0) is 20.6 Å². The zero-order valence-corrected chi connectivity index (χ0v) is 18.1. The Morgan fingerprint density at radius 1 is 0.519 bits per heavy atom. The van der Waals surface area contributed by atoms with Crippen LogP contribution in [0.2, 0.25) is 0 Å². The monoisotopic (exact) mass is 385 g/mol. The molecule has 7 heteroatoms. The Morgan fingerprint density at radius 2 is 0.889 bits per heavy atom. The minimum Gasteiger partial charge on any atom is -0.379 e. The van der Waals surface area contributed by atoms with E-state index in [0.717, 1.165) is 112 Å². The number of morpholine rings is 1. The summed E-state index contributed by atoms with van der Waals surface area (Å²) in [6.45, 7) is 20.0. The lowest BCUT2D eigenvalue weighted by atomic mass is 10.3. The van der Waals surface area contributed by atoms with E-state index in [0.29, 0.717) is 0 Å². The van der Waals surface area contributed by atoms with Crippen LogP contribution in [0.5, 0.6) is 0 Å². The van der Waals surface area contributed by atoms with Crippen molar-refractivity contribution in [3.8, 4) is 0 Å². The fourth-order valence-corrected chi connectivity index (χ4v) is 3.55. The zero-order valence-electron chi connectivity index (χ0n) is 18.1. The number of nitrogens with zero attached hydrogens (tertiary/aromatic N) is 5. The van der Waals surface area contributed by atoms with E-state index in [4.69, 9.17) is 9.47 Å². The van der Waals surface area contributed by atoms with Crippen molar-refractivity contribution in [3.05, 3.63) is 0 Å². The van der Waals surface area contributed by atoms with E-state index in [1.54, 1.807) is 0 Å². The molecule has 0 spiro atoms. The standard InChI is InChI=1S/C20H43N5O2/c1-4-23-9-7-21(2)5-6-22(3)8-10-24(14-18-26-17-13-23)11-12-25-15-19-27-20-16-25/h4-20H2,1-3H3. The second-order valence-electron chi connectivity index (χ2n) is 7.95. The molecule has 0 bridgehead atoms. The van der Waals surface area contributed by atoms with Crippen LogP contribution in [0, 0.1) is 0 Å². The first-order valence-corrected chi connectivity index (χ1v) is 10.9. The van der Waals surface area contributed by atoms with E-state index in [1.807, 2.05) is 0 Å². The lowest BCUT2D eigenvalue weighted by Crippen LogP contribution is -2.44. The highest BCUT2D eigenvalue weighted by molar-refractivity contribution is 4.69. The second kappa shape index (κ2) is 13.8. The van der Waals surface area contributed by atoms with Gasteiger partial charge in [0.25, 0.3) is 0 Å². The predicted molar refractivity (Wildman–Crippen MR) is 112 cm³/mol. The Labute approximate surface area is 167 Å². The van der Waals surface area contributed by atoms with Crippen molar-refractivity contribution in [1.82, 2.24) is 24.5 Å². The van der Waals surface area contributed by atoms with Crippen LogP contribution in [0.3, 0.4) is 0 Å². The molecular formula is C20H43N5O2. The molecule has 0 aromatic rings. The van der Waals surface area contributed by atoms with Crippen molar-refractivity contribution >= 4 is 0 Å². The van der Waals surface area contributed by atoms with E-state index in [9.17, 15) is 0 Å². The molecule has 0 atom stereocenters. The first-order chi connectivity index (χ1) is 13.2. The van der Waals surface area contributed by atoms with E-state index in [-0.39, 0.29) is 0 Å². The number of hydrogen-bond acceptors (Lipinski definition) is 7. The van der Waals surface area contributed by atoms with Crippen molar-refractivity contribution in [3.63, 3.8) is 0 Å². The quantitative estimate of drug-likeness (QED) is 0.665. The average molecular weight is 386 g/mol. The highest BCUT2D eigenvalue weighted by Gasteiger charge is 2.14. The molecule has 0 aromatic heterocycles. The van der Waals surface area contributed by atoms with Gasteiger partial charge in [0.2, 0.25) is 0 Å². The van der Waals surface area contributed by atoms with Gasteiger partial charge in [0.1, 0.15) is 0 Å². The number of likely N-dealkylation sites (N-methyl/N-ethyl adjacent to an activating group) is 3. The molecule has 2 fully saturated rings. The van der Waals surface area contributed by atoms with Crippen LogP contribution in [-0.2, 0) is 9.47 Å². The maximum Gasteiger partial charge on any atom is 0.0594 e. The topological polar surface area (TPSA) is 34.7 Å². The Morgan fingerprint density at radius 3 is 1.37 bits per heavy atom. The minimum atomic E-state index is 0.838. The van der Waals surface area contributed by atoms with Crippen LogP contribution in [0.4, 0.5) is 0 Å². The predicted octanol–water partition coefficient (Wildman–Crippen LogP) is -0.164. The summed E-state index contributed by atoms with van der Waals surface area (Å²) in [7, 11) is 4.49. The van der Waals surface area contributed by atoms with E-state index in [2.05, 4.69) is 45.5 Å². The summed E-state index contributed by atoms with van der Waals surface area (Å²) < 4.78 is 11.4. The lowest BCUT2D eigenvalue weighted by Gasteiger charge is -2.31. The van der Waals surface area contributed by atoms with E-state index in [1.165, 1.54) is 0 Å². The van der Waals surface area contributed by atoms with Gasteiger partial charge in [-0.15, -0.1) is 0 Å². The maximum absolute atomic E-state index is 5.97. The summed E-state index contributed by atoms with van der Waals surface area (Å²) in [5, 5.41) is 0. The second-order valence-corrected chi connectivity index (χ2v) is 7.95. The molecule has 0 aromatic carbocycles. The lowest BCUT2D eigenvalue weighted by molar-refractivity contribution is 0.0298. The van der Waals surface area contributed by atoms with Gasteiger partial charge >= 0.3 is 0 Å². The van der Waals surface area contributed by atoms with Crippen molar-refractivity contribution < 1.29 is 9.47 Å². The van der Waals surface area contributed by atoms with Crippen LogP contribution in [0.15, 0.2) is 0 Å². The molecule has 2 aliphatic rings. The maximum atomic E-state index is 5.97. The zero-order chi connectivity index (χ0) is 19.3. The smallest absolute Gasteiger partial charge is 0.0594 e. The number of ether oxygens (including phenoxy) is 2. The first-order valence-electron chi connectivity index (χ1n) is 10.9. The molecule has 0 N–H and O–H groups in total. The molecule has 0 aliphatic carbocycles. The molecule has 2 saturated heterocycles. The Bertz CT molecular complexity index is 368. The Kier molecular flexibility index (Phi) is 11.8. The summed E-state index contributed by atoms with van der Waals surface area (Å²) in [6, 6.07) is 0. The summed E-state index contributed by atoms with van der Waals surface area (Å²) in [4.78, 5) is 12.5. The third kappa shape index (κ3) is 10.2. The van der Waals surface area contributed by atoms with E-state index >= 15 is 0 Å². The van der Waals surface area contributed by atoms with Gasteiger partial charge in [0.05, 0.1) is 26.4 Å². The molecule has 2 heterocycles. The van der Waals surface area contributed by atoms with Gasteiger partial charge in [-0.25, -0.2) is 0 Å². The van der Waals surface area contributed by atoms with Crippen LogP contribution >= 0.6 is 0 Å². The van der Waals surface area contributed by atoms with Crippen molar-refractivity contribution in [2.24, 2.45) is 0 Å². The molecule has 0 saturated carbocycles. The average Bonchev–Trinajstić information content (AvgIpc) is 2.70. The van der Waals surface area contributed by atoms with Gasteiger partial charge in [-0.1, -0.05) is 6.92 Å². The van der Waals surface area contributed by atoms with Crippen LogP contribution in [0.25, 0.3) is 0 Å². The molecule has 0 amide bonds. The molecule has 27 heavy (non-hydrogen) atoms. The van der Waals surface area contributed by atoms with Gasteiger partial charge in [0.15, 0.2) is 0 Å². The van der Waals surface area contributed by atoms with Crippen molar-refractivity contribution in [1.29, 1.82) is 0 Å². The van der Waals surface area contributed by atoms with Crippen LogP contribution < -0.4 is 0 Å². The third-order valence-electron chi connectivity index (χ3n) is 5.85. The van der Waals surface area contributed by atoms with E-state index < -0.39 is 0 Å². The Balaban J connectivity index is 1.80. The highest BCUT2D eigenvalue weighted by atomic mass is 16.5. The van der Waals surface area contributed by atoms with Gasteiger partial charge in [-0.2, -0.15) is 0 Å². The van der Waals surface area contributed by atoms with Gasteiger partial charge in [-0.3, -0.25) is 9.80 Å². The molecule has 7 nitrogen and oxygen atoms in total. The molecule has 2 rings (SSSR count). The van der Waals surface area contributed by atoms with Gasteiger partial charge < -0.3 is 24.2 Å². The summed E-state index contributed by atoms with van der Waals surface area (Å²) in [5.74, 6) is 0. The fourth-order valence-electron chi connectivity index (χ4n) is 3.55. The first kappa shape index (κ1) is 23.0. The molecular weight excluding hydrogens is 342 g/mol. The summed E-state index contributed by atoms with van der Waals surface area (Å²) in [5.41, 5.74) is 0. The SMILES string of the molecule is CCN1CCOCCN(CCN2CCOCC2)CCN(C)CCN(C)CC1. The number of rotatable bonds is 4. The molecule has 160 valence electrons. The van der Waals surface area contributed by atoms with Crippen LogP contribution in [-0.4, -0.2) is 150 Å². The normalized spacial score (nSPS) is 25.9. The minimum absolute atomic E-state index is 0.838. The molecule has 0 radical (unpaired) electrons. The van der Waals surface area contributed by atoms with Crippen molar-refractivity contribution in [2.45, 2.75) is 6.92 Å². The largest absolute Gasteiger partial charge is 0.379 e. The van der Waals surface area contributed by atoms with Gasteiger partial charge in [0, 0.05) is 78.5 Å². The van der Waals surface area contributed by atoms with Crippen LogP contribution in [0.1, 0.15) is 6.92 Å². The summed E-state index contributed by atoms with van der Waals surface area (Å²) in [6.07, 6.45) is 0. The fraction of sp³-hybridized carbons (Fsp3) is 1.00. The summed E-state index contributed by atoms with van der Waals surface area (Å²) >= 11 is 0. The molecule has 2 aliphatic heterocycles.